The zero-order valence-electron chi connectivity index (χ0n) is 15.0. The summed E-state index contributed by atoms with van der Waals surface area (Å²) in [6.45, 7) is 3.71. The smallest absolute Gasteiger partial charge is 0.254 e. The molecule has 1 amide bonds. The third kappa shape index (κ3) is 3.21. The van der Waals surface area contributed by atoms with Crippen LogP contribution in [0.2, 0.25) is 0 Å². The van der Waals surface area contributed by atoms with Gasteiger partial charge in [-0.2, -0.15) is 0 Å². The molecule has 0 bridgehead atoms. The van der Waals surface area contributed by atoms with E-state index in [0.717, 1.165) is 29.9 Å². The highest BCUT2D eigenvalue weighted by atomic mass is 16.5. The normalized spacial score (nSPS) is 20.4. The number of nitrogens with zero attached hydrogens (tertiary/aromatic N) is 3. The monoisotopic (exact) mass is 339 g/mol. The summed E-state index contributed by atoms with van der Waals surface area (Å²) in [7, 11) is 1.98. The van der Waals surface area contributed by atoms with Gasteiger partial charge in [-0.15, -0.1) is 0 Å². The summed E-state index contributed by atoms with van der Waals surface area (Å²) < 4.78 is 7.88. The zero-order valence-corrected chi connectivity index (χ0v) is 15.0. The number of hydrogen-bond donors (Lipinski definition) is 0. The fraction of sp³-hybridized carbons (Fsp3) is 0.500. The largest absolute Gasteiger partial charge is 0.367 e. The van der Waals surface area contributed by atoms with E-state index in [1.54, 1.807) is 0 Å². The molecule has 0 N–H and O–H groups in total. The first kappa shape index (κ1) is 16.3. The van der Waals surface area contributed by atoms with Crippen LogP contribution in [0.4, 0.5) is 0 Å². The SMILES string of the molecule is Cc1cn(C)c([C@@H]2CN(C(=O)c3ccc4c(c3)CCCC4)CCO2)n1. The average Bonchev–Trinajstić information content (AvgIpc) is 2.99. The predicted molar refractivity (Wildman–Crippen MR) is 95.6 cm³/mol. The topological polar surface area (TPSA) is 47.4 Å². The highest BCUT2D eigenvalue weighted by Crippen LogP contribution is 2.25. The molecule has 0 spiro atoms. The van der Waals surface area contributed by atoms with Gasteiger partial charge >= 0.3 is 0 Å². The Morgan fingerprint density at radius 2 is 2.04 bits per heavy atom. The number of carbonyl (C=O) groups excluding carboxylic acids is 1. The molecule has 25 heavy (non-hydrogen) atoms. The molecule has 1 fully saturated rings. The van der Waals surface area contributed by atoms with Gasteiger partial charge in [0.15, 0.2) is 0 Å². The van der Waals surface area contributed by atoms with E-state index < -0.39 is 0 Å². The Balaban J connectivity index is 1.53. The van der Waals surface area contributed by atoms with Gasteiger partial charge in [-0.3, -0.25) is 4.79 Å². The second-order valence-corrected chi connectivity index (χ2v) is 7.15. The first-order valence-corrected chi connectivity index (χ1v) is 9.14. The molecule has 1 atom stereocenters. The van der Waals surface area contributed by atoms with Crippen LogP contribution in [0, 0.1) is 6.92 Å². The van der Waals surface area contributed by atoms with Gasteiger partial charge in [0.25, 0.3) is 5.91 Å². The zero-order chi connectivity index (χ0) is 17.4. The van der Waals surface area contributed by atoms with Crippen molar-refractivity contribution in [2.24, 2.45) is 7.05 Å². The number of morpholine rings is 1. The number of imidazole rings is 1. The minimum absolute atomic E-state index is 0.104. The van der Waals surface area contributed by atoms with E-state index in [-0.39, 0.29) is 12.0 Å². The molecule has 5 heteroatoms. The number of hydrogen-bond acceptors (Lipinski definition) is 3. The number of fused-ring (bicyclic) bond motifs is 1. The second kappa shape index (κ2) is 6.64. The van der Waals surface area contributed by atoms with Crippen LogP contribution >= 0.6 is 0 Å². The molecular weight excluding hydrogens is 314 g/mol. The third-order valence-corrected chi connectivity index (χ3v) is 5.27. The van der Waals surface area contributed by atoms with E-state index >= 15 is 0 Å². The molecule has 0 radical (unpaired) electrons. The van der Waals surface area contributed by atoms with Crippen molar-refractivity contribution in [2.45, 2.75) is 38.7 Å². The van der Waals surface area contributed by atoms with Gasteiger partial charge in [-0.25, -0.2) is 4.98 Å². The number of aromatic nitrogens is 2. The van der Waals surface area contributed by atoms with Gasteiger partial charge in [0, 0.05) is 25.4 Å². The summed E-state index contributed by atoms with van der Waals surface area (Å²) in [5, 5.41) is 0. The average molecular weight is 339 g/mol. The number of rotatable bonds is 2. The van der Waals surface area contributed by atoms with Crippen molar-refractivity contribution < 1.29 is 9.53 Å². The van der Waals surface area contributed by atoms with E-state index in [2.05, 4.69) is 17.1 Å². The van der Waals surface area contributed by atoms with Gasteiger partial charge in [0.05, 0.1) is 18.8 Å². The minimum Gasteiger partial charge on any atom is -0.367 e. The highest BCUT2D eigenvalue weighted by Gasteiger charge is 2.29. The van der Waals surface area contributed by atoms with Gasteiger partial charge in [0.2, 0.25) is 0 Å². The summed E-state index contributed by atoms with van der Waals surface area (Å²) in [5.41, 5.74) is 4.53. The Bertz CT molecular complexity index is 796. The molecule has 2 heterocycles. The maximum Gasteiger partial charge on any atom is 0.254 e. The summed E-state index contributed by atoms with van der Waals surface area (Å²) >= 11 is 0. The molecule has 2 aromatic rings. The van der Waals surface area contributed by atoms with Crippen molar-refractivity contribution in [2.75, 3.05) is 19.7 Å². The first-order valence-electron chi connectivity index (χ1n) is 9.14. The summed E-state index contributed by atoms with van der Waals surface area (Å²) in [6, 6.07) is 6.23. The predicted octanol–water partition coefficient (Wildman–Crippen LogP) is 2.82. The summed E-state index contributed by atoms with van der Waals surface area (Å²) in [5.74, 6) is 0.994. The van der Waals surface area contributed by atoms with Crippen molar-refractivity contribution >= 4 is 5.91 Å². The Kier molecular flexibility index (Phi) is 4.34. The number of ether oxygens (including phenoxy) is 1. The fourth-order valence-electron chi connectivity index (χ4n) is 3.97. The lowest BCUT2D eigenvalue weighted by Gasteiger charge is -2.33. The maximum absolute atomic E-state index is 13.0. The molecule has 1 aliphatic heterocycles. The van der Waals surface area contributed by atoms with Crippen molar-refractivity contribution in [3.8, 4) is 0 Å². The van der Waals surface area contributed by atoms with Crippen molar-refractivity contribution in [3.05, 3.63) is 52.6 Å². The van der Waals surface area contributed by atoms with Crippen molar-refractivity contribution in [3.63, 3.8) is 0 Å². The molecular formula is C20H25N3O2. The van der Waals surface area contributed by atoms with Crippen molar-refractivity contribution in [1.29, 1.82) is 0 Å². The number of aryl methyl sites for hydroxylation is 4. The Hall–Kier alpha value is -2.14. The van der Waals surface area contributed by atoms with Crippen LogP contribution < -0.4 is 0 Å². The van der Waals surface area contributed by atoms with E-state index in [9.17, 15) is 4.79 Å². The second-order valence-electron chi connectivity index (χ2n) is 7.15. The molecule has 1 aromatic carbocycles. The molecule has 5 nitrogen and oxygen atoms in total. The van der Waals surface area contributed by atoms with Gasteiger partial charge in [-0.1, -0.05) is 6.07 Å². The maximum atomic E-state index is 13.0. The highest BCUT2D eigenvalue weighted by molar-refractivity contribution is 5.94. The van der Waals surface area contributed by atoms with E-state index in [1.807, 2.05) is 35.7 Å². The molecule has 0 unspecified atom stereocenters. The standard InChI is InChI=1S/C20H25N3O2/c1-14-12-22(2)19(21-14)18-13-23(9-10-25-18)20(24)17-8-7-15-5-3-4-6-16(15)11-17/h7-8,11-12,18H,3-6,9-10,13H2,1-2H3/t18-/m0/s1. The quantitative estimate of drug-likeness (QED) is 0.845. The van der Waals surface area contributed by atoms with Crippen LogP contribution in [0.25, 0.3) is 0 Å². The number of amides is 1. The Labute approximate surface area is 148 Å². The Morgan fingerprint density at radius 1 is 1.24 bits per heavy atom. The number of benzene rings is 1. The van der Waals surface area contributed by atoms with Crippen LogP contribution in [0.15, 0.2) is 24.4 Å². The molecule has 0 saturated carbocycles. The van der Waals surface area contributed by atoms with Gasteiger partial charge in [0.1, 0.15) is 11.9 Å². The molecule has 2 aliphatic rings. The van der Waals surface area contributed by atoms with Crippen molar-refractivity contribution in [1.82, 2.24) is 14.5 Å². The van der Waals surface area contributed by atoms with Crippen LogP contribution in [-0.2, 0) is 24.6 Å². The van der Waals surface area contributed by atoms with E-state index in [4.69, 9.17) is 4.74 Å². The third-order valence-electron chi connectivity index (χ3n) is 5.27. The lowest BCUT2D eigenvalue weighted by Crippen LogP contribution is -2.42. The molecule has 4 rings (SSSR count). The van der Waals surface area contributed by atoms with Crippen LogP contribution in [0.1, 0.15) is 51.9 Å². The lowest BCUT2D eigenvalue weighted by molar-refractivity contribution is -0.0279. The molecule has 1 saturated heterocycles. The fourth-order valence-corrected chi connectivity index (χ4v) is 3.97. The summed E-state index contributed by atoms with van der Waals surface area (Å²) in [4.78, 5) is 19.5. The number of carbonyl (C=O) groups is 1. The van der Waals surface area contributed by atoms with Crippen LogP contribution in [0.3, 0.4) is 0 Å². The van der Waals surface area contributed by atoms with E-state index in [1.165, 1.54) is 24.0 Å². The van der Waals surface area contributed by atoms with E-state index in [0.29, 0.717) is 19.7 Å². The Morgan fingerprint density at radius 3 is 2.80 bits per heavy atom. The molecule has 1 aliphatic carbocycles. The molecule has 1 aromatic heterocycles. The minimum atomic E-state index is -0.158. The van der Waals surface area contributed by atoms with Gasteiger partial charge < -0.3 is 14.2 Å². The van der Waals surface area contributed by atoms with Crippen LogP contribution in [-0.4, -0.2) is 40.1 Å². The first-order chi connectivity index (χ1) is 12.1. The van der Waals surface area contributed by atoms with Gasteiger partial charge in [-0.05, 0) is 55.9 Å². The molecule has 132 valence electrons. The summed E-state index contributed by atoms with van der Waals surface area (Å²) in [6.07, 6.45) is 6.55. The van der Waals surface area contributed by atoms with Crippen LogP contribution in [0.5, 0.6) is 0 Å². The lowest BCUT2D eigenvalue weighted by atomic mass is 9.90.